The van der Waals surface area contributed by atoms with Crippen LogP contribution in [0.15, 0.2) is 18.2 Å². The van der Waals surface area contributed by atoms with Gasteiger partial charge in [0.2, 0.25) is 0 Å². The Labute approximate surface area is 98.0 Å². The zero-order valence-electron chi connectivity index (χ0n) is 9.21. The molecular weight excluding hydrogens is 224 g/mol. The van der Waals surface area contributed by atoms with Crippen molar-refractivity contribution in [3.8, 4) is 11.5 Å². The van der Waals surface area contributed by atoms with Gasteiger partial charge in [-0.15, -0.1) is 0 Å². The van der Waals surface area contributed by atoms with Gasteiger partial charge in [0.1, 0.15) is 6.29 Å². The fourth-order valence-corrected chi connectivity index (χ4v) is 1.29. The molecule has 2 N–H and O–H groups in total. The number of carboxylic acids is 1. The van der Waals surface area contributed by atoms with Crippen molar-refractivity contribution in [1.82, 2.24) is 0 Å². The first-order chi connectivity index (χ1) is 8.08. The van der Waals surface area contributed by atoms with E-state index >= 15 is 0 Å². The number of hydrogen-bond acceptors (Lipinski definition) is 4. The quantitative estimate of drug-likeness (QED) is 0.760. The molecule has 1 aromatic carbocycles. The number of hydrogen-bond donors (Lipinski definition) is 2. The number of aromatic hydroxyl groups is 1. The van der Waals surface area contributed by atoms with Gasteiger partial charge in [-0.2, -0.15) is 0 Å². The van der Waals surface area contributed by atoms with E-state index in [0.717, 1.165) is 0 Å². The molecule has 0 heterocycles. The lowest BCUT2D eigenvalue weighted by Crippen LogP contribution is -1.91. The lowest BCUT2D eigenvalue weighted by atomic mass is 10.1. The monoisotopic (exact) mass is 236 g/mol. The molecule has 0 atom stereocenters. The molecule has 0 saturated heterocycles. The van der Waals surface area contributed by atoms with Gasteiger partial charge in [-0.25, -0.2) is 0 Å². The number of aldehydes is 1. The molecule has 1 aromatic rings. The van der Waals surface area contributed by atoms with Crippen LogP contribution in [0.2, 0.25) is 0 Å². The van der Waals surface area contributed by atoms with Crippen LogP contribution in [-0.4, -0.2) is 29.6 Å². The van der Waals surface area contributed by atoms with Gasteiger partial charge < -0.3 is 14.9 Å². The van der Waals surface area contributed by atoms with Gasteiger partial charge in [-0.05, 0) is 12.1 Å². The summed E-state index contributed by atoms with van der Waals surface area (Å²) in [7, 11) is 1.37. The number of carboxylic acid groups (broad SMARTS) is 1. The molecule has 0 amide bonds. The Morgan fingerprint density at radius 3 is 2.71 bits per heavy atom. The van der Waals surface area contributed by atoms with Gasteiger partial charge in [0, 0.05) is 11.1 Å². The van der Waals surface area contributed by atoms with Crippen LogP contribution in [0, 0.1) is 0 Å². The number of benzene rings is 1. The lowest BCUT2D eigenvalue weighted by molar-refractivity contribution is -0.135. The number of ether oxygens (including phenoxy) is 1. The Morgan fingerprint density at radius 2 is 2.18 bits per heavy atom. The van der Waals surface area contributed by atoms with E-state index in [1.54, 1.807) is 0 Å². The summed E-state index contributed by atoms with van der Waals surface area (Å²) in [6.45, 7) is 0. The Balaban J connectivity index is 3.09. The lowest BCUT2D eigenvalue weighted by Gasteiger charge is -2.07. The average Bonchev–Trinajstić information content (AvgIpc) is 2.31. The molecule has 0 aromatic heterocycles. The van der Waals surface area contributed by atoms with Crippen molar-refractivity contribution in [2.75, 3.05) is 7.11 Å². The molecule has 0 aliphatic heterocycles. The Kier molecular flexibility index (Phi) is 4.28. The van der Waals surface area contributed by atoms with Crippen molar-refractivity contribution in [1.29, 1.82) is 0 Å². The molecule has 0 bridgehead atoms. The minimum absolute atomic E-state index is 0.125. The van der Waals surface area contributed by atoms with Crippen LogP contribution in [0.25, 0.3) is 6.08 Å². The van der Waals surface area contributed by atoms with Gasteiger partial charge in [0.05, 0.1) is 13.5 Å². The molecule has 0 aliphatic rings. The second kappa shape index (κ2) is 5.69. The van der Waals surface area contributed by atoms with Crippen LogP contribution in [0.3, 0.4) is 0 Å². The highest BCUT2D eigenvalue weighted by molar-refractivity contribution is 5.80. The first-order valence-corrected chi connectivity index (χ1v) is 4.83. The summed E-state index contributed by atoms with van der Waals surface area (Å²) in [5.74, 6) is -0.927. The molecule has 1 rings (SSSR count). The molecule has 0 radical (unpaired) electrons. The summed E-state index contributed by atoms with van der Waals surface area (Å²) in [6.07, 6.45) is 3.27. The van der Waals surface area contributed by atoms with Gasteiger partial charge in [-0.3, -0.25) is 9.59 Å². The number of methoxy groups -OCH3 is 1. The van der Waals surface area contributed by atoms with Crippen molar-refractivity contribution < 1.29 is 24.5 Å². The normalized spacial score (nSPS) is 10.4. The van der Waals surface area contributed by atoms with E-state index in [0.29, 0.717) is 17.4 Å². The zero-order valence-corrected chi connectivity index (χ0v) is 9.21. The molecule has 5 heteroatoms. The van der Waals surface area contributed by atoms with Crippen LogP contribution in [-0.2, 0) is 4.79 Å². The van der Waals surface area contributed by atoms with Gasteiger partial charge in [0.15, 0.2) is 11.5 Å². The first-order valence-electron chi connectivity index (χ1n) is 4.83. The highest BCUT2D eigenvalue weighted by atomic mass is 16.5. The number of phenolic OH excluding ortho intramolecular Hbond substituents is 1. The maximum Gasteiger partial charge on any atom is 0.307 e. The minimum atomic E-state index is -0.973. The predicted octanol–water partition coefficient (Wildman–Crippen LogP) is 1.70. The van der Waals surface area contributed by atoms with Crippen LogP contribution in [0.5, 0.6) is 11.5 Å². The molecule has 90 valence electrons. The van der Waals surface area contributed by atoms with Crippen LogP contribution < -0.4 is 4.74 Å². The fraction of sp³-hybridized carbons (Fsp3) is 0.167. The van der Waals surface area contributed by atoms with E-state index in [1.165, 1.54) is 31.4 Å². The first kappa shape index (κ1) is 12.8. The van der Waals surface area contributed by atoms with Crippen molar-refractivity contribution in [3.63, 3.8) is 0 Å². The number of carbonyl (C=O) groups is 2. The summed E-state index contributed by atoms with van der Waals surface area (Å²) >= 11 is 0. The summed E-state index contributed by atoms with van der Waals surface area (Å²) < 4.78 is 4.90. The summed E-state index contributed by atoms with van der Waals surface area (Å²) in [6, 6.07) is 2.85. The molecule has 17 heavy (non-hydrogen) atoms. The molecule has 5 nitrogen and oxygen atoms in total. The van der Waals surface area contributed by atoms with Gasteiger partial charge in [-0.1, -0.05) is 12.2 Å². The molecule has 0 saturated carbocycles. The average molecular weight is 236 g/mol. The highest BCUT2D eigenvalue weighted by Gasteiger charge is 2.08. The van der Waals surface area contributed by atoms with Crippen molar-refractivity contribution in [2.45, 2.75) is 6.42 Å². The Hall–Kier alpha value is -2.30. The summed E-state index contributed by atoms with van der Waals surface area (Å²) in [5.41, 5.74) is 0.683. The number of carbonyl (C=O) groups excluding carboxylic acids is 1. The van der Waals surface area contributed by atoms with E-state index < -0.39 is 5.97 Å². The third-order valence-electron chi connectivity index (χ3n) is 2.07. The third-order valence-corrected chi connectivity index (χ3v) is 2.07. The Morgan fingerprint density at radius 1 is 1.47 bits per heavy atom. The molecule has 0 aliphatic carbocycles. The van der Waals surface area contributed by atoms with E-state index in [4.69, 9.17) is 9.84 Å². The second-order valence-corrected chi connectivity index (χ2v) is 3.28. The molecule has 0 spiro atoms. The van der Waals surface area contributed by atoms with Crippen molar-refractivity contribution in [3.05, 3.63) is 29.3 Å². The van der Waals surface area contributed by atoms with E-state index in [9.17, 15) is 14.7 Å². The number of phenols is 1. The van der Waals surface area contributed by atoms with Crippen LogP contribution in [0.4, 0.5) is 0 Å². The van der Waals surface area contributed by atoms with E-state index in [-0.39, 0.29) is 17.9 Å². The SMILES string of the molecule is COc1cc(C=O)cc(C=CCC(=O)O)c1O. The minimum Gasteiger partial charge on any atom is -0.504 e. The second-order valence-electron chi connectivity index (χ2n) is 3.28. The summed E-state index contributed by atoms with van der Waals surface area (Å²) in [4.78, 5) is 21.0. The fourth-order valence-electron chi connectivity index (χ4n) is 1.29. The van der Waals surface area contributed by atoms with E-state index in [2.05, 4.69) is 0 Å². The molecule has 0 fully saturated rings. The highest BCUT2D eigenvalue weighted by Crippen LogP contribution is 2.31. The standard InChI is InChI=1S/C12H12O5/c1-17-10-6-8(7-13)5-9(12(10)16)3-2-4-11(14)15/h2-3,5-7,16H,4H2,1H3,(H,14,15). The maximum absolute atomic E-state index is 10.7. The number of aliphatic carboxylic acids is 1. The van der Waals surface area contributed by atoms with E-state index in [1.807, 2.05) is 0 Å². The van der Waals surface area contributed by atoms with Gasteiger partial charge >= 0.3 is 5.97 Å². The van der Waals surface area contributed by atoms with Crippen molar-refractivity contribution in [2.24, 2.45) is 0 Å². The third kappa shape index (κ3) is 3.34. The number of rotatable bonds is 5. The summed E-state index contributed by atoms with van der Waals surface area (Å²) in [5, 5.41) is 18.2. The predicted molar refractivity (Wildman–Crippen MR) is 61.3 cm³/mol. The largest absolute Gasteiger partial charge is 0.504 e. The smallest absolute Gasteiger partial charge is 0.307 e. The van der Waals surface area contributed by atoms with Gasteiger partial charge in [0.25, 0.3) is 0 Å². The van der Waals surface area contributed by atoms with Crippen molar-refractivity contribution >= 4 is 18.3 Å². The Bertz CT molecular complexity index is 462. The molecule has 0 unspecified atom stereocenters. The molecular formula is C12H12O5. The maximum atomic E-state index is 10.7. The zero-order chi connectivity index (χ0) is 12.8. The van der Waals surface area contributed by atoms with Crippen LogP contribution >= 0.6 is 0 Å². The van der Waals surface area contributed by atoms with Crippen LogP contribution in [0.1, 0.15) is 22.3 Å². The topological polar surface area (TPSA) is 83.8 Å².